The average Bonchev–Trinajstić information content (AvgIpc) is 3.22. The molecule has 3 rings (SSSR count). The van der Waals surface area contributed by atoms with E-state index in [1.54, 1.807) is 17.5 Å². The molecular weight excluding hydrogens is 310 g/mol. The molecule has 1 aliphatic rings. The van der Waals surface area contributed by atoms with Crippen LogP contribution in [0.4, 0.5) is 5.82 Å². The molecule has 0 radical (unpaired) electrons. The molecule has 2 N–H and O–H groups in total. The van der Waals surface area contributed by atoms with Crippen molar-refractivity contribution in [3.8, 4) is 0 Å². The Balaban J connectivity index is 1.45. The molecule has 0 unspecified atom stereocenters. The van der Waals surface area contributed by atoms with Gasteiger partial charge in [0.15, 0.2) is 0 Å². The van der Waals surface area contributed by atoms with Gasteiger partial charge in [-0.2, -0.15) is 0 Å². The molecule has 2 aromatic rings. The molecule has 6 heteroatoms. The Labute approximate surface area is 140 Å². The van der Waals surface area contributed by atoms with Crippen molar-refractivity contribution in [3.63, 3.8) is 0 Å². The summed E-state index contributed by atoms with van der Waals surface area (Å²) in [5, 5.41) is 15.5. The summed E-state index contributed by atoms with van der Waals surface area (Å²) in [4.78, 5) is 19.5. The Hall–Kier alpha value is -1.92. The van der Waals surface area contributed by atoms with Gasteiger partial charge in [0.25, 0.3) is 0 Å². The van der Waals surface area contributed by atoms with Gasteiger partial charge in [-0.25, -0.2) is 4.98 Å². The number of hydrogen-bond donors (Lipinski definition) is 2. The van der Waals surface area contributed by atoms with Crippen molar-refractivity contribution in [1.82, 2.24) is 10.3 Å². The van der Waals surface area contributed by atoms with Crippen LogP contribution in [-0.4, -0.2) is 41.2 Å². The second-order valence-electron chi connectivity index (χ2n) is 5.94. The van der Waals surface area contributed by atoms with Gasteiger partial charge in [-0.05, 0) is 36.4 Å². The van der Waals surface area contributed by atoms with Crippen molar-refractivity contribution < 1.29 is 9.90 Å². The first-order valence-electron chi connectivity index (χ1n) is 7.82. The van der Waals surface area contributed by atoms with E-state index < -0.39 is 5.60 Å². The lowest BCUT2D eigenvalue weighted by Gasteiger charge is -2.24. The maximum atomic E-state index is 11.9. The highest BCUT2D eigenvalue weighted by Gasteiger charge is 2.36. The predicted molar refractivity (Wildman–Crippen MR) is 91.7 cm³/mol. The molecule has 0 spiro atoms. The number of aryl methyl sites for hydroxylation is 1. The lowest BCUT2D eigenvalue weighted by atomic mass is 10.0. The Morgan fingerprint density at radius 2 is 2.30 bits per heavy atom. The maximum absolute atomic E-state index is 11.9. The van der Waals surface area contributed by atoms with Gasteiger partial charge in [0, 0.05) is 37.1 Å². The minimum atomic E-state index is -0.879. The molecule has 0 bridgehead atoms. The molecule has 1 saturated heterocycles. The summed E-state index contributed by atoms with van der Waals surface area (Å²) in [7, 11) is 0. The number of thiophene rings is 1. The van der Waals surface area contributed by atoms with Crippen molar-refractivity contribution in [3.05, 3.63) is 46.8 Å². The number of pyridine rings is 1. The second-order valence-corrected chi connectivity index (χ2v) is 6.97. The quantitative estimate of drug-likeness (QED) is 0.848. The third kappa shape index (κ3) is 4.30. The number of rotatable bonds is 6. The average molecular weight is 331 g/mol. The number of nitrogens with zero attached hydrogens (tertiary/aromatic N) is 2. The molecule has 0 aliphatic carbocycles. The fraction of sp³-hybridized carbons (Fsp3) is 0.412. The highest BCUT2D eigenvalue weighted by molar-refractivity contribution is 7.09. The third-order valence-corrected chi connectivity index (χ3v) is 5.03. The topological polar surface area (TPSA) is 65.5 Å². The number of anilines is 1. The molecule has 5 nitrogen and oxygen atoms in total. The normalized spacial score (nSPS) is 20.7. The van der Waals surface area contributed by atoms with E-state index in [1.807, 2.05) is 35.7 Å². The number of aliphatic hydroxyl groups is 1. The lowest BCUT2D eigenvalue weighted by Crippen LogP contribution is -2.45. The van der Waals surface area contributed by atoms with Crippen molar-refractivity contribution in [1.29, 1.82) is 0 Å². The SMILES string of the molecule is O=C(CCc1cccs1)NC[C@]1(O)CCN(c2ccccn2)C1. The van der Waals surface area contributed by atoms with Gasteiger partial charge in [-0.15, -0.1) is 11.3 Å². The van der Waals surface area contributed by atoms with Crippen molar-refractivity contribution in [2.24, 2.45) is 0 Å². The van der Waals surface area contributed by atoms with Crippen molar-refractivity contribution >= 4 is 23.1 Å². The number of aromatic nitrogens is 1. The number of hydrogen-bond acceptors (Lipinski definition) is 5. The summed E-state index contributed by atoms with van der Waals surface area (Å²) in [6, 6.07) is 9.77. The molecule has 3 heterocycles. The summed E-state index contributed by atoms with van der Waals surface area (Å²) in [5.74, 6) is 0.857. The van der Waals surface area contributed by atoms with Gasteiger partial charge in [-0.1, -0.05) is 12.1 Å². The molecule has 2 aromatic heterocycles. The van der Waals surface area contributed by atoms with E-state index in [9.17, 15) is 9.90 Å². The standard InChI is InChI=1S/C17H21N3O2S/c21-16(7-6-14-4-3-11-23-14)19-12-17(22)8-10-20(13-17)15-5-1-2-9-18-15/h1-5,9,11,22H,6-8,10,12-13H2,(H,19,21)/t17-/m1/s1. The maximum Gasteiger partial charge on any atom is 0.220 e. The second kappa shape index (κ2) is 7.10. The van der Waals surface area contributed by atoms with Crippen LogP contribution in [0.2, 0.25) is 0 Å². The van der Waals surface area contributed by atoms with E-state index in [0.29, 0.717) is 25.9 Å². The molecule has 0 saturated carbocycles. The van der Waals surface area contributed by atoms with Crippen LogP contribution in [0, 0.1) is 0 Å². The van der Waals surface area contributed by atoms with Crippen LogP contribution in [0.1, 0.15) is 17.7 Å². The molecule has 23 heavy (non-hydrogen) atoms. The van der Waals surface area contributed by atoms with Crippen LogP contribution in [-0.2, 0) is 11.2 Å². The van der Waals surface area contributed by atoms with E-state index in [2.05, 4.69) is 15.2 Å². The van der Waals surface area contributed by atoms with E-state index in [-0.39, 0.29) is 5.91 Å². The predicted octanol–water partition coefficient (Wildman–Crippen LogP) is 1.83. The van der Waals surface area contributed by atoms with E-state index in [1.165, 1.54) is 4.88 Å². The van der Waals surface area contributed by atoms with Gasteiger partial charge in [0.1, 0.15) is 11.4 Å². The molecule has 1 amide bonds. The van der Waals surface area contributed by atoms with Crippen LogP contribution in [0.25, 0.3) is 0 Å². The minimum absolute atomic E-state index is 0.0110. The fourth-order valence-electron chi connectivity index (χ4n) is 2.78. The molecule has 1 fully saturated rings. The largest absolute Gasteiger partial charge is 0.386 e. The molecular formula is C17H21N3O2S. The van der Waals surface area contributed by atoms with E-state index in [0.717, 1.165) is 18.8 Å². The van der Waals surface area contributed by atoms with Crippen LogP contribution >= 0.6 is 11.3 Å². The zero-order valence-corrected chi connectivity index (χ0v) is 13.8. The minimum Gasteiger partial charge on any atom is -0.386 e. The van der Waals surface area contributed by atoms with Crippen LogP contribution in [0.15, 0.2) is 41.9 Å². The van der Waals surface area contributed by atoms with Crippen molar-refractivity contribution in [2.45, 2.75) is 24.9 Å². The number of carbonyl (C=O) groups excluding carboxylic acids is 1. The first-order valence-corrected chi connectivity index (χ1v) is 8.70. The molecule has 1 aliphatic heterocycles. The highest BCUT2D eigenvalue weighted by Crippen LogP contribution is 2.24. The van der Waals surface area contributed by atoms with Crippen LogP contribution in [0.3, 0.4) is 0 Å². The number of amides is 1. The third-order valence-electron chi connectivity index (χ3n) is 4.10. The molecule has 1 atom stereocenters. The Kier molecular flexibility index (Phi) is 4.93. The highest BCUT2D eigenvalue weighted by atomic mass is 32.1. The van der Waals surface area contributed by atoms with Gasteiger partial charge in [0.2, 0.25) is 5.91 Å². The summed E-state index contributed by atoms with van der Waals surface area (Å²) in [6.45, 7) is 1.54. The Bertz CT molecular complexity index is 633. The van der Waals surface area contributed by atoms with Gasteiger partial charge < -0.3 is 15.3 Å². The number of β-amino-alcohol motifs (C(OH)–C–C–N with tert-alkyl or cyclic N) is 1. The lowest BCUT2D eigenvalue weighted by molar-refractivity contribution is -0.122. The fourth-order valence-corrected chi connectivity index (χ4v) is 3.49. The molecule has 0 aromatic carbocycles. The first kappa shape index (κ1) is 16.0. The van der Waals surface area contributed by atoms with Crippen LogP contribution in [0.5, 0.6) is 0 Å². The number of nitrogens with one attached hydrogen (secondary N) is 1. The van der Waals surface area contributed by atoms with Gasteiger partial charge in [-0.3, -0.25) is 4.79 Å². The van der Waals surface area contributed by atoms with E-state index in [4.69, 9.17) is 0 Å². The molecule has 122 valence electrons. The van der Waals surface area contributed by atoms with Gasteiger partial charge in [0.05, 0.1) is 0 Å². The first-order chi connectivity index (χ1) is 11.1. The summed E-state index contributed by atoms with van der Waals surface area (Å²) < 4.78 is 0. The van der Waals surface area contributed by atoms with Crippen LogP contribution < -0.4 is 10.2 Å². The Morgan fingerprint density at radius 3 is 3.04 bits per heavy atom. The monoisotopic (exact) mass is 331 g/mol. The van der Waals surface area contributed by atoms with E-state index >= 15 is 0 Å². The summed E-state index contributed by atoms with van der Waals surface area (Å²) >= 11 is 1.66. The van der Waals surface area contributed by atoms with Crippen molar-refractivity contribution in [2.75, 3.05) is 24.5 Å². The smallest absolute Gasteiger partial charge is 0.220 e. The van der Waals surface area contributed by atoms with Gasteiger partial charge >= 0.3 is 0 Å². The Morgan fingerprint density at radius 1 is 1.39 bits per heavy atom. The zero-order chi connectivity index (χ0) is 16.1. The summed E-state index contributed by atoms with van der Waals surface area (Å²) in [6.07, 6.45) is 3.59. The number of carbonyl (C=O) groups is 1. The summed E-state index contributed by atoms with van der Waals surface area (Å²) in [5.41, 5.74) is -0.879. The zero-order valence-electron chi connectivity index (χ0n) is 12.9.